The molecule has 0 bridgehead atoms. The van der Waals surface area contributed by atoms with Crippen molar-refractivity contribution >= 4 is 5.97 Å². The summed E-state index contributed by atoms with van der Waals surface area (Å²) in [6, 6.07) is 9.58. The highest BCUT2D eigenvalue weighted by Gasteiger charge is 2.02. The van der Waals surface area contributed by atoms with Gasteiger partial charge >= 0.3 is 5.97 Å². The van der Waals surface area contributed by atoms with E-state index in [-0.39, 0.29) is 19.0 Å². The van der Waals surface area contributed by atoms with Crippen LogP contribution >= 0.6 is 0 Å². The van der Waals surface area contributed by atoms with Crippen LogP contribution in [-0.4, -0.2) is 11.1 Å². The molecule has 0 saturated heterocycles. The highest BCUT2D eigenvalue weighted by atomic mass is 16.5. The molecule has 3 heteroatoms. The molecule has 0 radical (unpaired) electrons. The Balaban J connectivity index is 2.10. The van der Waals surface area contributed by atoms with Crippen molar-refractivity contribution in [2.75, 3.05) is 0 Å². The molecule has 1 rings (SSSR count). The van der Waals surface area contributed by atoms with Crippen molar-refractivity contribution < 1.29 is 14.6 Å². The maximum absolute atomic E-state index is 11.6. The molecule has 0 aliphatic carbocycles. The smallest absolute Gasteiger partial charge is 0.310 e. The molecule has 1 aromatic carbocycles. The third kappa shape index (κ3) is 9.22. The summed E-state index contributed by atoms with van der Waals surface area (Å²) in [4.78, 5) is 11.6. The molecule has 0 atom stereocenters. The van der Waals surface area contributed by atoms with Gasteiger partial charge in [0.2, 0.25) is 0 Å². The highest BCUT2D eigenvalue weighted by Crippen LogP contribution is 2.11. The van der Waals surface area contributed by atoms with Gasteiger partial charge in [-0.3, -0.25) is 4.79 Å². The zero-order valence-corrected chi connectivity index (χ0v) is 13.6. The van der Waals surface area contributed by atoms with Crippen molar-refractivity contribution in [1.29, 1.82) is 0 Å². The van der Waals surface area contributed by atoms with E-state index >= 15 is 0 Å². The van der Waals surface area contributed by atoms with Gasteiger partial charge in [-0.15, -0.1) is 0 Å². The molecule has 1 aromatic rings. The van der Waals surface area contributed by atoms with E-state index in [0.29, 0.717) is 12.2 Å². The largest absolute Gasteiger partial charge is 0.513 e. The number of benzene rings is 1. The first-order valence-electron chi connectivity index (χ1n) is 8.30. The van der Waals surface area contributed by atoms with Gasteiger partial charge in [-0.25, -0.2) is 0 Å². The van der Waals surface area contributed by atoms with Crippen LogP contribution in [0.1, 0.15) is 63.9 Å². The average Bonchev–Trinajstić information content (AvgIpc) is 2.55. The lowest BCUT2D eigenvalue weighted by atomic mass is 10.1. The minimum atomic E-state index is -0.307. The minimum absolute atomic E-state index is 0.133. The highest BCUT2D eigenvalue weighted by molar-refractivity contribution is 5.71. The third-order valence-electron chi connectivity index (χ3n) is 3.53. The number of unbranched alkanes of at least 4 members (excludes halogenated alkanes) is 5. The van der Waals surface area contributed by atoms with Gasteiger partial charge in [-0.05, 0) is 18.1 Å². The lowest BCUT2D eigenvalue weighted by Gasteiger charge is -2.04. The quantitative estimate of drug-likeness (QED) is 0.342. The van der Waals surface area contributed by atoms with Crippen molar-refractivity contribution in [2.45, 2.75) is 64.9 Å². The number of hydrogen-bond donors (Lipinski definition) is 1. The number of allylic oxidation sites excluding steroid dienone is 1. The molecule has 3 nitrogen and oxygen atoms in total. The zero-order valence-electron chi connectivity index (χ0n) is 13.6. The van der Waals surface area contributed by atoms with E-state index in [4.69, 9.17) is 4.74 Å². The Hall–Kier alpha value is -1.77. The second kappa shape index (κ2) is 11.8. The van der Waals surface area contributed by atoms with E-state index in [9.17, 15) is 9.90 Å². The normalized spacial score (nSPS) is 11.4. The van der Waals surface area contributed by atoms with Crippen molar-refractivity contribution in [3.63, 3.8) is 0 Å². The molecule has 0 amide bonds. The van der Waals surface area contributed by atoms with E-state index in [1.54, 1.807) is 6.08 Å². The molecule has 1 N–H and O–H groups in total. The van der Waals surface area contributed by atoms with Crippen molar-refractivity contribution in [2.24, 2.45) is 0 Å². The number of rotatable bonds is 11. The molecule has 0 fully saturated rings. The SMILES string of the molecule is CCCCCCCC/C(O)=C\CC(=O)OCc1ccccc1. The summed E-state index contributed by atoms with van der Waals surface area (Å²) in [5, 5.41) is 9.74. The molecular weight excluding hydrogens is 276 g/mol. The van der Waals surface area contributed by atoms with Gasteiger partial charge in [-0.1, -0.05) is 69.4 Å². The van der Waals surface area contributed by atoms with Crippen LogP contribution in [0.5, 0.6) is 0 Å². The minimum Gasteiger partial charge on any atom is -0.513 e. The van der Waals surface area contributed by atoms with E-state index in [0.717, 1.165) is 18.4 Å². The maximum Gasteiger partial charge on any atom is 0.310 e. The molecule has 0 saturated carbocycles. The summed E-state index contributed by atoms with van der Waals surface area (Å²) in [6.45, 7) is 2.48. The van der Waals surface area contributed by atoms with Gasteiger partial charge in [0.05, 0.1) is 12.2 Å². The standard InChI is InChI=1S/C19H28O3/c1-2-3-4-5-6-10-13-18(20)14-15-19(21)22-16-17-11-8-7-9-12-17/h7-9,11-12,14,20H,2-6,10,13,15-16H2,1H3/b18-14+. The van der Waals surface area contributed by atoms with Crippen LogP contribution in [0, 0.1) is 0 Å². The van der Waals surface area contributed by atoms with Crippen LogP contribution in [0.4, 0.5) is 0 Å². The van der Waals surface area contributed by atoms with Gasteiger partial charge < -0.3 is 9.84 Å². The Kier molecular flexibility index (Phi) is 9.84. The molecule has 0 aromatic heterocycles. The Labute approximate surface area is 134 Å². The Morgan fingerprint density at radius 2 is 1.77 bits per heavy atom. The van der Waals surface area contributed by atoms with Crippen LogP contribution in [0.25, 0.3) is 0 Å². The fourth-order valence-electron chi connectivity index (χ4n) is 2.19. The molecule has 0 unspecified atom stereocenters. The molecule has 122 valence electrons. The molecule has 0 heterocycles. The molecule has 0 aliphatic heterocycles. The van der Waals surface area contributed by atoms with E-state index < -0.39 is 0 Å². The third-order valence-corrected chi connectivity index (χ3v) is 3.53. The summed E-state index contributed by atoms with van der Waals surface area (Å²) < 4.78 is 5.15. The first-order valence-corrected chi connectivity index (χ1v) is 8.30. The number of carbonyl (C=O) groups is 1. The predicted molar refractivity (Wildman–Crippen MR) is 89.6 cm³/mol. The van der Waals surface area contributed by atoms with E-state index in [1.165, 1.54) is 25.7 Å². The number of ether oxygens (including phenoxy) is 1. The number of aliphatic hydroxyl groups excluding tert-OH is 1. The Morgan fingerprint density at radius 3 is 2.50 bits per heavy atom. The summed E-state index contributed by atoms with van der Waals surface area (Å²) in [5.41, 5.74) is 0.969. The summed E-state index contributed by atoms with van der Waals surface area (Å²) in [6.07, 6.45) is 9.49. The van der Waals surface area contributed by atoms with E-state index in [1.807, 2.05) is 30.3 Å². The Morgan fingerprint density at radius 1 is 1.09 bits per heavy atom. The van der Waals surface area contributed by atoms with Gasteiger partial charge in [-0.2, -0.15) is 0 Å². The first kappa shape index (κ1) is 18.3. The lowest BCUT2D eigenvalue weighted by molar-refractivity contribution is -0.143. The van der Waals surface area contributed by atoms with Gasteiger partial charge in [0, 0.05) is 6.42 Å². The number of aliphatic hydroxyl groups is 1. The summed E-state index contributed by atoms with van der Waals surface area (Å²) >= 11 is 0. The second-order valence-corrected chi connectivity index (χ2v) is 5.56. The van der Waals surface area contributed by atoms with Crippen LogP contribution in [0.3, 0.4) is 0 Å². The molecular formula is C19H28O3. The molecule has 0 aliphatic rings. The van der Waals surface area contributed by atoms with E-state index in [2.05, 4.69) is 6.92 Å². The lowest BCUT2D eigenvalue weighted by Crippen LogP contribution is -2.03. The van der Waals surface area contributed by atoms with Crippen molar-refractivity contribution in [1.82, 2.24) is 0 Å². The number of hydrogen-bond acceptors (Lipinski definition) is 3. The maximum atomic E-state index is 11.6. The van der Waals surface area contributed by atoms with Gasteiger partial charge in [0.25, 0.3) is 0 Å². The molecule has 0 spiro atoms. The van der Waals surface area contributed by atoms with Crippen molar-refractivity contribution in [3.05, 3.63) is 47.7 Å². The number of carbonyl (C=O) groups excluding carboxylic acids is 1. The van der Waals surface area contributed by atoms with Crippen molar-refractivity contribution in [3.8, 4) is 0 Å². The van der Waals surface area contributed by atoms with Crippen LogP contribution < -0.4 is 0 Å². The average molecular weight is 304 g/mol. The fraction of sp³-hybridized carbons (Fsp3) is 0.526. The topological polar surface area (TPSA) is 46.5 Å². The fourth-order valence-corrected chi connectivity index (χ4v) is 2.19. The first-order chi connectivity index (χ1) is 10.7. The van der Waals surface area contributed by atoms with Gasteiger partial charge in [0.1, 0.15) is 6.61 Å². The zero-order chi connectivity index (χ0) is 16.0. The summed E-state index contributed by atoms with van der Waals surface area (Å²) in [7, 11) is 0. The molecule has 22 heavy (non-hydrogen) atoms. The monoisotopic (exact) mass is 304 g/mol. The Bertz CT molecular complexity index is 437. The van der Waals surface area contributed by atoms with Gasteiger partial charge in [0.15, 0.2) is 0 Å². The second-order valence-electron chi connectivity index (χ2n) is 5.56. The van der Waals surface area contributed by atoms with Crippen LogP contribution in [0.15, 0.2) is 42.2 Å². The predicted octanol–water partition coefficient (Wildman–Crippen LogP) is 5.31. The van der Waals surface area contributed by atoms with Crippen LogP contribution in [0.2, 0.25) is 0 Å². The summed E-state index contributed by atoms with van der Waals surface area (Å²) in [5.74, 6) is -0.00879. The number of esters is 1. The van der Waals surface area contributed by atoms with Crippen LogP contribution in [-0.2, 0) is 16.1 Å².